The summed E-state index contributed by atoms with van der Waals surface area (Å²) in [6.45, 7) is -0.505. The van der Waals surface area contributed by atoms with E-state index in [-0.39, 0.29) is 7.69 Å². The van der Waals surface area contributed by atoms with Crippen LogP contribution in [0.15, 0.2) is 0 Å². The molecule has 0 spiro atoms. The number of hydrogen-bond donors (Lipinski definition) is 5. The fourth-order valence-electron chi connectivity index (χ4n) is 0.0781. The van der Waals surface area contributed by atoms with Gasteiger partial charge in [-0.05, 0) is 0 Å². The van der Waals surface area contributed by atoms with Crippen LogP contribution in [-0.2, 0) is 4.79 Å². The number of nitrogens with two attached hydrogens (primary N) is 1. The molecule has 59 valence electrons. The van der Waals surface area contributed by atoms with Crippen LogP contribution in [0.4, 0.5) is 0 Å². The normalized spacial score (nSPS) is 10.8. The minimum atomic E-state index is -1.18. The van der Waals surface area contributed by atoms with Gasteiger partial charge in [-0.15, -0.1) is 0 Å². The Morgan fingerprint density at radius 3 is 1.90 bits per heavy atom. The van der Waals surface area contributed by atoms with Crippen molar-refractivity contribution < 1.29 is 25.1 Å². The second kappa shape index (κ2) is 8.37. The Labute approximate surface area is 58.2 Å². The lowest BCUT2D eigenvalue weighted by molar-refractivity contribution is -0.139. The number of carbonyl (C=O) groups is 1. The fraction of sp³-hybridized carbons (Fsp3) is 0.667. The van der Waals surface area contributed by atoms with E-state index < -0.39 is 18.6 Å². The highest BCUT2D eigenvalue weighted by Gasteiger charge is 2.06. The van der Waals surface area contributed by atoms with E-state index in [1.54, 1.807) is 0 Å². The first-order valence-corrected chi connectivity index (χ1v) is 2.29. The first-order chi connectivity index (χ1) is 4.59. The number of aliphatic hydroxyl groups is 1. The van der Waals surface area contributed by atoms with Crippen molar-refractivity contribution in [2.75, 3.05) is 6.61 Å². The SMILES string of the molecule is N[C@@H](CO)C(=O)O.O[B]O. The van der Waals surface area contributed by atoms with E-state index in [4.69, 9.17) is 26.0 Å². The molecule has 0 fully saturated rings. The van der Waals surface area contributed by atoms with E-state index >= 15 is 0 Å². The molecule has 1 atom stereocenters. The summed E-state index contributed by atoms with van der Waals surface area (Å²) in [5.41, 5.74) is 4.77. The Morgan fingerprint density at radius 2 is 1.90 bits per heavy atom. The molecule has 0 aliphatic rings. The molecule has 0 aromatic heterocycles. The van der Waals surface area contributed by atoms with Crippen LogP contribution in [0.1, 0.15) is 0 Å². The van der Waals surface area contributed by atoms with Crippen LogP contribution in [0.3, 0.4) is 0 Å². The molecule has 0 rings (SSSR count). The predicted molar refractivity (Wildman–Crippen MR) is 32.9 cm³/mol. The largest absolute Gasteiger partial charge is 0.482 e. The van der Waals surface area contributed by atoms with Gasteiger partial charge in [-0.2, -0.15) is 0 Å². The second-order valence-electron chi connectivity index (χ2n) is 1.24. The molecule has 0 aromatic carbocycles. The molecule has 0 amide bonds. The number of carboxylic acid groups (broad SMARTS) is 1. The van der Waals surface area contributed by atoms with Crippen molar-refractivity contribution in [2.24, 2.45) is 5.73 Å². The molecule has 0 saturated heterocycles. The van der Waals surface area contributed by atoms with E-state index in [1.165, 1.54) is 0 Å². The quantitative estimate of drug-likeness (QED) is 0.265. The average molecular weight is 150 g/mol. The summed E-state index contributed by atoms with van der Waals surface area (Å²) in [7, 11) is 0. The van der Waals surface area contributed by atoms with Gasteiger partial charge in [-0.1, -0.05) is 0 Å². The number of aliphatic carboxylic acids is 1. The molecule has 1 radical (unpaired) electrons. The topological polar surface area (TPSA) is 124 Å². The molecule has 6 nitrogen and oxygen atoms in total. The van der Waals surface area contributed by atoms with Crippen LogP contribution >= 0.6 is 0 Å². The van der Waals surface area contributed by atoms with E-state index in [0.717, 1.165) is 0 Å². The van der Waals surface area contributed by atoms with Gasteiger partial charge in [0.25, 0.3) is 0 Å². The van der Waals surface area contributed by atoms with Crippen LogP contribution in [0.2, 0.25) is 0 Å². The fourth-order valence-corrected chi connectivity index (χ4v) is 0.0781. The summed E-state index contributed by atoms with van der Waals surface area (Å²) in [6.07, 6.45) is 0. The van der Waals surface area contributed by atoms with Gasteiger partial charge >= 0.3 is 13.7 Å². The van der Waals surface area contributed by atoms with Crippen LogP contribution in [-0.4, -0.2) is 46.6 Å². The Balaban J connectivity index is 0. The maximum Gasteiger partial charge on any atom is 0.482 e. The molecule has 0 aromatic rings. The summed E-state index contributed by atoms with van der Waals surface area (Å²) in [5.74, 6) is -1.18. The van der Waals surface area contributed by atoms with Crippen molar-refractivity contribution >= 4 is 13.7 Å². The van der Waals surface area contributed by atoms with E-state index in [9.17, 15) is 4.79 Å². The van der Waals surface area contributed by atoms with Crippen molar-refractivity contribution in [1.82, 2.24) is 0 Å². The smallest absolute Gasteiger partial charge is 0.480 e. The van der Waals surface area contributed by atoms with Gasteiger partial charge in [0.15, 0.2) is 0 Å². The van der Waals surface area contributed by atoms with Crippen LogP contribution in [0.5, 0.6) is 0 Å². The van der Waals surface area contributed by atoms with Crippen molar-refractivity contribution in [2.45, 2.75) is 6.04 Å². The van der Waals surface area contributed by atoms with Crippen LogP contribution < -0.4 is 5.73 Å². The van der Waals surface area contributed by atoms with Gasteiger partial charge in [0.2, 0.25) is 0 Å². The van der Waals surface area contributed by atoms with Crippen LogP contribution in [0, 0.1) is 0 Å². The summed E-state index contributed by atoms with van der Waals surface area (Å²) >= 11 is 0. The van der Waals surface area contributed by atoms with Crippen molar-refractivity contribution in [1.29, 1.82) is 0 Å². The van der Waals surface area contributed by atoms with E-state index in [2.05, 4.69) is 0 Å². The Morgan fingerprint density at radius 1 is 1.60 bits per heavy atom. The van der Waals surface area contributed by atoms with E-state index in [0.29, 0.717) is 0 Å². The number of rotatable bonds is 2. The molecule has 0 aliphatic carbocycles. The zero-order valence-corrected chi connectivity index (χ0v) is 5.14. The standard InChI is InChI=1S/C3H7NO3.BH2O2/c4-2(1-5)3(6)7;2-1-3/h2,5H,1,4H2,(H,6,7);2-3H/t2-;/m0./s1. The number of aliphatic hydroxyl groups excluding tert-OH is 1. The zero-order chi connectivity index (χ0) is 8.57. The molecule has 0 saturated carbocycles. The molecule has 0 bridgehead atoms. The highest BCUT2D eigenvalue weighted by molar-refractivity contribution is 6.13. The Hall–Kier alpha value is -0.625. The summed E-state index contributed by atoms with van der Waals surface area (Å²) in [4.78, 5) is 9.65. The first kappa shape index (κ1) is 12.1. The maximum atomic E-state index is 9.65. The molecule has 0 unspecified atom stereocenters. The molecule has 10 heavy (non-hydrogen) atoms. The van der Waals surface area contributed by atoms with Gasteiger partial charge < -0.3 is 26.0 Å². The third-order valence-corrected chi connectivity index (χ3v) is 0.514. The minimum Gasteiger partial charge on any atom is -0.480 e. The summed E-state index contributed by atoms with van der Waals surface area (Å²) < 4.78 is 0. The van der Waals surface area contributed by atoms with Crippen molar-refractivity contribution in [3.63, 3.8) is 0 Å². The summed E-state index contributed by atoms with van der Waals surface area (Å²) in [5, 5.41) is 29.9. The van der Waals surface area contributed by atoms with E-state index in [1.807, 2.05) is 0 Å². The average Bonchev–Trinajstić information content (AvgIpc) is 1.88. The molecule has 6 N–H and O–H groups in total. The predicted octanol–water partition coefficient (Wildman–Crippen LogP) is -3.10. The van der Waals surface area contributed by atoms with Gasteiger partial charge in [-0.3, -0.25) is 4.79 Å². The monoisotopic (exact) mass is 150 g/mol. The maximum absolute atomic E-state index is 9.65. The molecule has 7 heteroatoms. The lowest BCUT2D eigenvalue weighted by Crippen LogP contribution is -2.33. The third-order valence-electron chi connectivity index (χ3n) is 0.514. The van der Waals surface area contributed by atoms with Gasteiger partial charge in [0, 0.05) is 0 Å². The lowest BCUT2D eigenvalue weighted by Gasteiger charge is -1.96. The Kier molecular flexibility index (Phi) is 10.1. The lowest BCUT2D eigenvalue weighted by atomic mass is 10.3. The number of hydrogen-bond acceptors (Lipinski definition) is 5. The molecular weight excluding hydrogens is 141 g/mol. The van der Waals surface area contributed by atoms with Crippen molar-refractivity contribution in [3.8, 4) is 0 Å². The van der Waals surface area contributed by atoms with Crippen molar-refractivity contribution in [3.05, 3.63) is 0 Å². The first-order valence-electron chi connectivity index (χ1n) is 2.29. The third kappa shape index (κ3) is 10.4. The van der Waals surface area contributed by atoms with Crippen LogP contribution in [0.25, 0.3) is 0 Å². The zero-order valence-electron chi connectivity index (χ0n) is 5.14. The Bertz CT molecular complexity index is 89.0. The van der Waals surface area contributed by atoms with Gasteiger partial charge in [0.1, 0.15) is 6.04 Å². The molecular formula is C3H9BNO5. The second-order valence-corrected chi connectivity index (χ2v) is 1.24. The minimum absolute atomic E-state index is 0. The number of carboxylic acids is 1. The molecule has 0 aliphatic heterocycles. The van der Waals surface area contributed by atoms with Gasteiger partial charge in [-0.25, -0.2) is 0 Å². The summed E-state index contributed by atoms with van der Waals surface area (Å²) in [6, 6.07) is -1.13. The highest BCUT2D eigenvalue weighted by Crippen LogP contribution is 1.71. The highest BCUT2D eigenvalue weighted by atomic mass is 16.4. The van der Waals surface area contributed by atoms with Gasteiger partial charge in [0.05, 0.1) is 6.61 Å². The molecule has 0 heterocycles.